The zero-order valence-electron chi connectivity index (χ0n) is 9.26. The maximum absolute atomic E-state index is 11.5. The zero-order valence-corrected chi connectivity index (χ0v) is 10.1. The highest BCUT2D eigenvalue weighted by molar-refractivity contribution is 8.13. The lowest BCUT2D eigenvalue weighted by atomic mass is 10.0. The van der Waals surface area contributed by atoms with Gasteiger partial charge in [0.25, 0.3) is 5.24 Å². The fraction of sp³-hybridized carbons (Fsp3) is 0.333. The molecular weight excluding hydrogens is 238 g/mol. The van der Waals surface area contributed by atoms with Crippen LogP contribution in [0.25, 0.3) is 0 Å². The number of carboxylic acids is 1. The molecular formula is C12H13NO3S. The first-order chi connectivity index (χ1) is 8.16. The average molecular weight is 251 g/mol. The van der Waals surface area contributed by atoms with Crippen molar-refractivity contribution in [1.29, 1.82) is 0 Å². The van der Waals surface area contributed by atoms with E-state index in [1.54, 1.807) is 11.0 Å². The third-order valence-corrected chi connectivity index (χ3v) is 3.56. The molecule has 0 bridgehead atoms. The molecule has 2 rings (SSSR count). The van der Waals surface area contributed by atoms with Crippen LogP contribution in [0.5, 0.6) is 0 Å². The van der Waals surface area contributed by atoms with Crippen molar-refractivity contribution in [3.8, 4) is 0 Å². The molecule has 1 aliphatic heterocycles. The van der Waals surface area contributed by atoms with Crippen molar-refractivity contribution in [3.05, 3.63) is 35.4 Å². The molecule has 0 atom stereocenters. The molecule has 4 nitrogen and oxygen atoms in total. The molecule has 1 aromatic carbocycles. The number of carboxylic acid groups (broad SMARTS) is 1. The summed E-state index contributed by atoms with van der Waals surface area (Å²) in [7, 11) is 0. The number of rotatable bonds is 4. The molecule has 90 valence electrons. The van der Waals surface area contributed by atoms with Crippen molar-refractivity contribution in [2.45, 2.75) is 13.0 Å². The van der Waals surface area contributed by atoms with Crippen molar-refractivity contribution in [2.24, 2.45) is 0 Å². The topological polar surface area (TPSA) is 57.6 Å². The van der Waals surface area contributed by atoms with Gasteiger partial charge in [-0.1, -0.05) is 36.0 Å². The summed E-state index contributed by atoms with van der Waals surface area (Å²) in [6.07, 6.45) is 0.00530. The van der Waals surface area contributed by atoms with E-state index in [9.17, 15) is 9.59 Å². The number of carbonyl (C=O) groups excluding carboxylic acids is 1. The molecule has 0 saturated carbocycles. The van der Waals surface area contributed by atoms with Crippen molar-refractivity contribution in [1.82, 2.24) is 4.90 Å². The number of thioether (sulfide) groups is 1. The van der Waals surface area contributed by atoms with Gasteiger partial charge in [0.1, 0.15) is 0 Å². The molecule has 0 radical (unpaired) electrons. The maximum Gasteiger partial charge on any atom is 0.307 e. The Morgan fingerprint density at radius 2 is 2.06 bits per heavy atom. The first kappa shape index (κ1) is 12.0. The lowest BCUT2D eigenvalue weighted by Gasteiger charge is -2.16. The fourth-order valence-corrected chi connectivity index (χ4v) is 2.65. The highest BCUT2D eigenvalue weighted by Crippen LogP contribution is 2.21. The normalized spacial score (nSPS) is 15.3. The van der Waals surface area contributed by atoms with Crippen molar-refractivity contribution in [3.63, 3.8) is 0 Å². The highest BCUT2D eigenvalue weighted by atomic mass is 32.2. The van der Waals surface area contributed by atoms with Crippen LogP contribution in [0.4, 0.5) is 4.79 Å². The predicted octanol–water partition coefficient (Wildman–Crippen LogP) is 1.98. The maximum atomic E-state index is 11.5. The molecule has 1 amide bonds. The third kappa shape index (κ3) is 3.00. The number of nitrogens with zero attached hydrogens (tertiary/aromatic N) is 1. The number of hydrogen-bond acceptors (Lipinski definition) is 3. The van der Waals surface area contributed by atoms with Crippen LogP contribution >= 0.6 is 11.8 Å². The summed E-state index contributed by atoms with van der Waals surface area (Å²) in [5.74, 6) is -0.0282. The summed E-state index contributed by atoms with van der Waals surface area (Å²) in [5, 5.41) is 8.90. The Morgan fingerprint density at radius 1 is 1.35 bits per heavy atom. The molecule has 0 unspecified atom stereocenters. The Morgan fingerprint density at radius 3 is 2.65 bits per heavy atom. The molecule has 17 heavy (non-hydrogen) atoms. The van der Waals surface area contributed by atoms with Gasteiger partial charge in [0, 0.05) is 18.8 Å². The lowest BCUT2D eigenvalue weighted by molar-refractivity contribution is -0.136. The molecule has 1 N–H and O–H groups in total. The molecule has 1 saturated heterocycles. The van der Waals surface area contributed by atoms with Crippen LogP contribution in [0.2, 0.25) is 0 Å². The average Bonchev–Trinajstić information content (AvgIpc) is 2.67. The van der Waals surface area contributed by atoms with Gasteiger partial charge in [-0.3, -0.25) is 9.59 Å². The molecule has 1 aliphatic rings. The Balaban J connectivity index is 2.14. The minimum absolute atomic E-state index is 0.00530. The van der Waals surface area contributed by atoms with Gasteiger partial charge in [-0.2, -0.15) is 0 Å². The number of benzene rings is 1. The Kier molecular flexibility index (Phi) is 3.68. The second-order valence-electron chi connectivity index (χ2n) is 3.88. The van der Waals surface area contributed by atoms with Crippen LogP contribution < -0.4 is 0 Å². The Hall–Kier alpha value is -1.49. The largest absolute Gasteiger partial charge is 0.481 e. The third-order valence-electron chi connectivity index (χ3n) is 2.67. The van der Waals surface area contributed by atoms with Gasteiger partial charge in [-0.05, 0) is 11.1 Å². The number of amides is 1. The van der Waals surface area contributed by atoms with E-state index in [1.807, 2.05) is 18.2 Å². The predicted molar refractivity (Wildman–Crippen MR) is 66.0 cm³/mol. The van der Waals surface area contributed by atoms with Crippen LogP contribution in [0.15, 0.2) is 24.3 Å². The van der Waals surface area contributed by atoms with Gasteiger partial charge in [0.15, 0.2) is 0 Å². The van der Waals surface area contributed by atoms with Crippen LogP contribution in [-0.4, -0.2) is 33.5 Å². The fourth-order valence-electron chi connectivity index (χ4n) is 1.82. The molecule has 1 aromatic rings. The van der Waals surface area contributed by atoms with Crippen LogP contribution in [0, 0.1) is 0 Å². The van der Waals surface area contributed by atoms with Crippen molar-refractivity contribution in [2.75, 3.05) is 12.3 Å². The van der Waals surface area contributed by atoms with E-state index in [1.165, 1.54) is 11.8 Å². The number of hydrogen-bond donors (Lipinski definition) is 1. The molecule has 1 fully saturated rings. The van der Waals surface area contributed by atoms with Gasteiger partial charge in [0.2, 0.25) is 0 Å². The van der Waals surface area contributed by atoms with Gasteiger partial charge in [-0.15, -0.1) is 0 Å². The summed E-state index contributed by atoms with van der Waals surface area (Å²) in [5.41, 5.74) is 1.70. The van der Waals surface area contributed by atoms with Gasteiger partial charge in [0.05, 0.1) is 6.42 Å². The van der Waals surface area contributed by atoms with E-state index in [4.69, 9.17) is 5.11 Å². The molecule has 0 spiro atoms. The van der Waals surface area contributed by atoms with Crippen molar-refractivity contribution >= 4 is 23.0 Å². The standard InChI is InChI=1S/C12H13NO3S/c14-11(15)7-9-3-1-2-4-10(9)8-13-5-6-17-12(13)16/h1-4H,5-8H2,(H,14,15). The smallest absolute Gasteiger partial charge is 0.307 e. The van der Waals surface area contributed by atoms with Crippen LogP contribution in [0.1, 0.15) is 11.1 Å². The van der Waals surface area contributed by atoms with E-state index < -0.39 is 5.97 Å². The quantitative estimate of drug-likeness (QED) is 0.889. The van der Waals surface area contributed by atoms with E-state index in [0.717, 1.165) is 23.4 Å². The molecule has 1 heterocycles. The second kappa shape index (κ2) is 5.23. The number of aliphatic carboxylic acids is 1. The first-order valence-electron chi connectivity index (χ1n) is 5.37. The molecule has 0 aliphatic carbocycles. The van der Waals surface area contributed by atoms with Gasteiger partial charge >= 0.3 is 5.97 Å². The van der Waals surface area contributed by atoms with E-state index in [0.29, 0.717) is 6.54 Å². The summed E-state index contributed by atoms with van der Waals surface area (Å²) >= 11 is 1.32. The van der Waals surface area contributed by atoms with E-state index in [2.05, 4.69) is 0 Å². The Bertz CT molecular complexity index is 447. The van der Waals surface area contributed by atoms with Gasteiger partial charge in [-0.25, -0.2) is 0 Å². The van der Waals surface area contributed by atoms with E-state index >= 15 is 0 Å². The zero-order chi connectivity index (χ0) is 12.3. The van der Waals surface area contributed by atoms with Crippen LogP contribution in [-0.2, 0) is 17.8 Å². The SMILES string of the molecule is O=C(O)Cc1ccccc1CN1CCSC1=O. The highest BCUT2D eigenvalue weighted by Gasteiger charge is 2.21. The monoisotopic (exact) mass is 251 g/mol. The Labute approximate surface area is 104 Å². The van der Waals surface area contributed by atoms with Gasteiger partial charge < -0.3 is 10.0 Å². The van der Waals surface area contributed by atoms with E-state index in [-0.39, 0.29) is 11.7 Å². The minimum atomic E-state index is -0.848. The summed E-state index contributed by atoms with van der Waals surface area (Å²) < 4.78 is 0. The van der Waals surface area contributed by atoms with Crippen LogP contribution in [0.3, 0.4) is 0 Å². The first-order valence-corrected chi connectivity index (χ1v) is 6.35. The minimum Gasteiger partial charge on any atom is -0.481 e. The van der Waals surface area contributed by atoms with Crippen molar-refractivity contribution < 1.29 is 14.7 Å². The molecule has 5 heteroatoms. The second-order valence-corrected chi connectivity index (χ2v) is 4.92. The summed E-state index contributed by atoms with van der Waals surface area (Å²) in [6, 6.07) is 7.38. The lowest BCUT2D eigenvalue weighted by Crippen LogP contribution is -2.23. The molecule has 0 aromatic heterocycles. The number of carbonyl (C=O) groups is 2. The summed E-state index contributed by atoms with van der Waals surface area (Å²) in [6.45, 7) is 1.25. The summed E-state index contributed by atoms with van der Waals surface area (Å²) in [4.78, 5) is 24.0.